The van der Waals surface area contributed by atoms with E-state index >= 15 is 0 Å². The van der Waals surface area contributed by atoms with Crippen LogP contribution in [-0.4, -0.2) is 23.7 Å². The fourth-order valence-corrected chi connectivity index (χ4v) is 2.87. The number of ether oxygens (including phenoxy) is 1. The molecule has 0 saturated carbocycles. The molecule has 0 fully saturated rings. The van der Waals surface area contributed by atoms with Gasteiger partial charge < -0.3 is 9.84 Å². The summed E-state index contributed by atoms with van der Waals surface area (Å²) in [6, 6.07) is 6.38. The number of hydrogen-bond acceptors (Lipinski definition) is 5. The number of hydrazone groups is 1. The Hall–Kier alpha value is -2.07. The topological polar surface area (TPSA) is 77.6 Å². The van der Waals surface area contributed by atoms with Crippen LogP contribution in [0.15, 0.2) is 46.2 Å². The fraction of sp³-hybridized carbons (Fsp3) is 0.368. The molecule has 2 rings (SSSR count). The molecule has 27 heavy (non-hydrogen) atoms. The zero-order chi connectivity index (χ0) is 19.8. The van der Waals surface area contributed by atoms with Crippen LogP contribution in [0, 0.1) is 17.2 Å². The SMILES string of the molecule is C[C@@H]1CC(CC/C=C\C(Cl)=C(/CF)Oc2cc(Cl)cc(C#N)c2)=NN[C@@H]1O. The highest BCUT2D eigenvalue weighted by molar-refractivity contribution is 6.31. The van der Waals surface area contributed by atoms with Gasteiger partial charge in [-0.1, -0.05) is 36.2 Å². The van der Waals surface area contributed by atoms with Crippen LogP contribution in [0.25, 0.3) is 0 Å². The van der Waals surface area contributed by atoms with Crippen molar-refractivity contribution >= 4 is 28.9 Å². The molecule has 0 bridgehead atoms. The van der Waals surface area contributed by atoms with E-state index in [4.69, 9.17) is 33.2 Å². The van der Waals surface area contributed by atoms with Gasteiger partial charge in [-0.3, -0.25) is 5.43 Å². The van der Waals surface area contributed by atoms with Gasteiger partial charge >= 0.3 is 0 Å². The average Bonchev–Trinajstić information content (AvgIpc) is 2.65. The Balaban J connectivity index is 1.97. The van der Waals surface area contributed by atoms with Gasteiger partial charge in [0.15, 0.2) is 5.76 Å². The van der Waals surface area contributed by atoms with E-state index in [-0.39, 0.29) is 22.5 Å². The van der Waals surface area contributed by atoms with Crippen molar-refractivity contribution in [2.45, 2.75) is 32.4 Å². The molecule has 1 heterocycles. The quantitative estimate of drug-likeness (QED) is 0.505. The second kappa shape index (κ2) is 10.3. The van der Waals surface area contributed by atoms with Crippen LogP contribution in [0.1, 0.15) is 31.7 Å². The lowest BCUT2D eigenvalue weighted by atomic mass is 9.98. The van der Waals surface area contributed by atoms with Gasteiger partial charge in [0.05, 0.1) is 16.7 Å². The Labute approximate surface area is 167 Å². The summed E-state index contributed by atoms with van der Waals surface area (Å²) in [4.78, 5) is 0. The molecule has 2 atom stereocenters. The lowest BCUT2D eigenvalue weighted by Crippen LogP contribution is -2.37. The number of alkyl halides is 1. The minimum Gasteiger partial charge on any atom is -0.457 e. The van der Waals surface area contributed by atoms with E-state index in [1.165, 1.54) is 18.2 Å². The third kappa shape index (κ3) is 6.55. The molecule has 144 valence electrons. The van der Waals surface area contributed by atoms with Crippen molar-refractivity contribution in [2.24, 2.45) is 11.0 Å². The molecule has 1 aliphatic heterocycles. The van der Waals surface area contributed by atoms with Gasteiger partial charge in [-0.15, -0.1) is 0 Å². The first-order valence-electron chi connectivity index (χ1n) is 8.41. The van der Waals surface area contributed by atoms with Crippen LogP contribution >= 0.6 is 23.2 Å². The predicted molar refractivity (Wildman–Crippen MR) is 104 cm³/mol. The number of aliphatic hydroxyl groups excluding tert-OH is 1. The van der Waals surface area contributed by atoms with Crippen LogP contribution in [-0.2, 0) is 0 Å². The highest BCUT2D eigenvalue weighted by atomic mass is 35.5. The maximum Gasteiger partial charge on any atom is 0.154 e. The largest absolute Gasteiger partial charge is 0.457 e. The fourth-order valence-electron chi connectivity index (χ4n) is 2.47. The van der Waals surface area contributed by atoms with Gasteiger partial charge in [-0.2, -0.15) is 10.4 Å². The molecule has 0 radical (unpaired) electrons. The second-order valence-electron chi connectivity index (χ2n) is 6.17. The zero-order valence-corrected chi connectivity index (χ0v) is 16.3. The molecule has 0 unspecified atom stereocenters. The number of allylic oxidation sites excluding steroid dienone is 4. The summed E-state index contributed by atoms with van der Waals surface area (Å²) in [5.74, 6) is 0.286. The Morgan fingerprint density at radius 2 is 2.30 bits per heavy atom. The smallest absolute Gasteiger partial charge is 0.154 e. The molecule has 0 aliphatic carbocycles. The number of halogens is 3. The Morgan fingerprint density at radius 1 is 1.52 bits per heavy atom. The van der Waals surface area contributed by atoms with Crippen LogP contribution in [0.5, 0.6) is 5.75 Å². The highest BCUT2D eigenvalue weighted by Crippen LogP contribution is 2.25. The highest BCUT2D eigenvalue weighted by Gasteiger charge is 2.20. The molecule has 2 N–H and O–H groups in total. The molecular formula is C19H20Cl2FN3O2. The Morgan fingerprint density at radius 3 is 2.96 bits per heavy atom. The van der Waals surface area contributed by atoms with Crippen LogP contribution in [0.4, 0.5) is 4.39 Å². The Kier molecular flexibility index (Phi) is 8.11. The molecule has 0 spiro atoms. The van der Waals surface area contributed by atoms with E-state index in [1.807, 2.05) is 13.0 Å². The van der Waals surface area contributed by atoms with Crippen LogP contribution in [0.3, 0.4) is 0 Å². The molecule has 0 saturated heterocycles. The lowest BCUT2D eigenvalue weighted by Gasteiger charge is -2.24. The molecule has 1 aromatic rings. The van der Waals surface area contributed by atoms with Crippen molar-refractivity contribution in [2.75, 3.05) is 6.67 Å². The first kappa shape index (κ1) is 21.2. The molecule has 0 aromatic heterocycles. The van der Waals surface area contributed by atoms with E-state index in [0.717, 1.165) is 12.1 Å². The third-order valence-corrected chi connectivity index (χ3v) is 4.50. The van der Waals surface area contributed by atoms with Gasteiger partial charge in [0.25, 0.3) is 0 Å². The van der Waals surface area contributed by atoms with Gasteiger partial charge in [-0.05, 0) is 43.5 Å². The van der Waals surface area contributed by atoms with Gasteiger partial charge in [-0.25, -0.2) is 4.39 Å². The Bertz CT molecular complexity index is 803. The van der Waals surface area contributed by atoms with E-state index < -0.39 is 12.9 Å². The predicted octanol–water partition coefficient (Wildman–Crippen LogP) is 4.65. The second-order valence-corrected chi connectivity index (χ2v) is 7.01. The number of nitrogens with zero attached hydrogens (tertiary/aromatic N) is 2. The number of benzene rings is 1. The molecule has 0 amide bonds. The average molecular weight is 412 g/mol. The number of rotatable bonds is 7. The van der Waals surface area contributed by atoms with Crippen molar-refractivity contribution in [3.8, 4) is 11.8 Å². The van der Waals surface area contributed by atoms with Crippen molar-refractivity contribution in [1.29, 1.82) is 5.26 Å². The summed E-state index contributed by atoms with van der Waals surface area (Å²) in [6.07, 6.45) is 4.85. The van der Waals surface area contributed by atoms with Crippen molar-refractivity contribution in [1.82, 2.24) is 5.43 Å². The minimum absolute atomic E-state index is 0.0625. The van der Waals surface area contributed by atoms with E-state index in [1.54, 1.807) is 12.2 Å². The van der Waals surface area contributed by atoms with E-state index in [2.05, 4.69) is 10.5 Å². The monoisotopic (exact) mass is 411 g/mol. The number of nitriles is 1. The normalized spacial score (nSPS) is 20.5. The summed E-state index contributed by atoms with van der Waals surface area (Å²) < 4.78 is 18.8. The van der Waals surface area contributed by atoms with Crippen molar-refractivity contribution < 1.29 is 14.2 Å². The molecule has 5 nitrogen and oxygen atoms in total. The number of aliphatic hydroxyl groups is 1. The molecule has 8 heteroatoms. The molecule has 1 aromatic carbocycles. The maximum atomic E-state index is 13.3. The number of hydrogen-bond donors (Lipinski definition) is 2. The minimum atomic E-state index is -0.899. The van der Waals surface area contributed by atoms with Crippen LogP contribution < -0.4 is 10.2 Å². The summed E-state index contributed by atoms with van der Waals surface area (Å²) in [6.45, 7) is 1.05. The van der Waals surface area contributed by atoms with Crippen LogP contribution in [0.2, 0.25) is 5.02 Å². The summed E-state index contributed by atoms with van der Waals surface area (Å²) >= 11 is 12.0. The number of nitrogens with one attached hydrogen (secondary N) is 1. The third-order valence-electron chi connectivity index (χ3n) is 3.94. The standard InChI is InChI=1S/C19H20Cl2FN3O2/c1-12-6-15(24-25-19(12)26)4-2-3-5-17(21)18(10-22)27-16-8-13(11-23)7-14(20)9-16/h3,5,7-9,12,19,25-26H,2,4,6,10H2,1H3/b5-3-,18-17-/t12-,19-/m1/s1. The van der Waals surface area contributed by atoms with E-state index in [9.17, 15) is 9.50 Å². The molecule has 1 aliphatic rings. The van der Waals surface area contributed by atoms with E-state index in [0.29, 0.717) is 23.4 Å². The maximum absolute atomic E-state index is 13.3. The summed E-state index contributed by atoms with van der Waals surface area (Å²) in [7, 11) is 0. The first-order valence-corrected chi connectivity index (χ1v) is 9.17. The van der Waals surface area contributed by atoms with Crippen molar-refractivity contribution in [3.63, 3.8) is 0 Å². The van der Waals surface area contributed by atoms with Gasteiger partial charge in [0.2, 0.25) is 0 Å². The van der Waals surface area contributed by atoms with Crippen molar-refractivity contribution in [3.05, 3.63) is 51.7 Å². The summed E-state index contributed by atoms with van der Waals surface area (Å²) in [5, 5.41) is 23.1. The summed E-state index contributed by atoms with van der Waals surface area (Å²) in [5.41, 5.74) is 3.95. The first-order chi connectivity index (χ1) is 12.9. The molecular weight excluding hydrogens is 392 g/mol. The lowest BCUT2D eigenvalue weighted by molar-refractivity contribution is 0.0798. The van der Waals surface area contributed by atoms with Gasteiger partial charge in [0, 0.05) is 16.7 Å². The zero-order valence-electron chi connectivity index (χ0n) is 14.8. The van der Waals surface area contributed by atoms with Gasteiger partial charge in [0.1, 0.15) is 18.7 Å².